The molecule has 3 saturated heterocycles. The first-order valence-corrected chi connectivity index (χ1v) is 14.0. The predicted octanol–water partition coefficient (Wildman–Crippen LogP) is 3.13. The average Bonchev–Trinajstić information content (AvgIpc) is 2.93. The second-order valence-electron chi connectivity index (χ2n) is 11.3. The van der Waals surface area contributed by atoms with Gasteiger partial charge in [0, 0.05) is 101 Å². The van der Waals surface area contributed by atoms with Crippen molar-refractivity contribution in [3.8, 4) is 0 Å². The van der Waals surface area contributed by atoms with Gasteiger partial charge >= 0.3 is 0 Å². The Kier molecular flexibility index (Phi) is 7.02. The van der Waals surface area contributed by atoms with Gasteiger partial charge in [0.1, 0.15) is 5.82 Å². The maximum absolute atomic E-state index is 4.81. The summed E-state index contributed by atoms with van der Waals surface area (Å²) in [5.41, 5.74) is 5.06. The van der Waals surface area contributed by atoms with Gasteiger partial charge in [-0.1, -0.05) is 12.1 Å². The van der Waals surface area contributed by atoms with E-state index in [1.54, 1.807) is 0 Å². The van der Waals surface area contributed by atoms with Crippen LogP contribution in [0.1, 0.15) is 18.1 Å². The Hall–Kier alpha value is -2.74. The van der Waals surface area contributed by atoms with Crippen molar-refractivity contribution in [2.45, 2.75) is 32.4 Å². The number of fused-ring (bicyclic) bond motifs is 2. The van der Waals surface area contributed by atoms with Crippen molar-refractivity contribution in [2.75, 3.05) is 82.3 Å². The van der Waals surface area contributed by atoms with Crippen LogP contribution in [0.4, 0.5) is 11.5 Å². The number of benzene rings is 1. The van der Waals surface area contributed by atoms with Crippen molar-refractivity contribution >= 4 is 22.4 Å². The van der Waals surface area contributed by atoms with Gasteiger partial charge in [0.2, 0.25) is 0 Å². The van der Waals surface area contributed by atoms with Gasteiger partial charge in [-0.05, 0) is 62.7 Å². The van der Waals surface area contributed by atoms with Crippen LogP contribution in [0, 0.1) is 6.92 Å². The fourth-order valence-corrected chi connectivity index (χ4v) is 6.48. The maximum atomic E-state index is 4.81. The second kappa shape index (κ2) is 10.6. The van der Waals surface area contributed by atoms with Crippen molar-refractivity contribution in [1.29, 1.82) is 0 Å². The van der Waals surface area contributed by atoms with Gasteiger partial charge in [-0.3, -0.25) is 9.88 Å². The maximum Gasteiger partial charge on any atom is 0.128 e. The fourth-order valence-electron chi connectivity index (χ4n) is 6.48. The molecule has 0 N–H and O–H groups in total. The molecule has 2 aromatic heterocycles. The monoisotopic (exact) mass is 499 g/mol. The summed E-state index contributed by atoms with van der Waals surface area (Å²) in [4.78, 5) is 22.3. The summed E-state index contributed by atoms with van der Waals surface area (Å²) in [5.74, 6) is 1.13. The summed E-state index contributed by atoms with van der Waals surface area (Å²) in [7, 11) is 2.20. The molecule has 3 fully saturated rings. The minimum absolute atomic E-state index is 0.556. The van der Waals surface area contributed by atoms with Gasteiger partial charge in [-0.15, -0.1) is 0 Å². The number of pyridine rings is 2. The molecule has 0 spiro atoms. The molecule has 0 amide bonds. The standard InChI is InChI=1S/C30H41N7/c1-23-6-8-28(27-5-4-11-31-30(23)27)36-20-24(2)37-18-15-34(21-26(37)22-36)12-10-25-7-9-29(32-19-25)35-16-13-33(3)14-17-35/h4-9,11,19,24,26H,10,12-18,20-22H2,1-3H3/t24-,26+/m1/s1. The average molecular weight is 500 g/mol. The van der Waals surface area contributed by atoms with Crippen LogP contribution in [0.2, 0.25) is 0 Å². The van der Waals surface area contributed by atoms with E-state index in [2.05, 4.69) is 93.0 Å². The number of hydrogen-bond acceptors (Lipinski definition) is 7. The Balaban J connectivity index is 1.08. The van der Waals surface area contributed by atoms with E-state index in [1.807, 2.05) is 6.20 Å². The highest BCUT2D eigenvalue weighted by atomic mass is 15.4. The van der Waals surface area contributed by atoms with Crippen LogP contribution in [0.15, 0.2) is 48.8 Å². The summed E-state index contributed by atoms with van der Waals surface area (Å²) in [5, 5.41) is 1.28. The third kappa shape index (κ3) is 5.17. The van der Waals surface area contributed by atoms with Gasteiger partial charge < -0.3 is 19.6 Å². The number of aryl methyl sites for hydroxylation is 1. The molecule has 3 aliphatic rings. The molecule has 0 saturated carbocycles. The quantitative estimate of drug-likeness (QED) is 0.534. The molecule has 0 aliphatic carbocycles. The molecule has 6 rings (SSSR count). The number of rotatable bonds is 5. The molecule has 0 bridgehead atoms. The van der Waals surface area contributed by atoms with Gasteiger partial charge in [0.25, 0.3) is 0 Å². The normalized spacial score (nSPS) is 24.0. The van der Waals surface area contributed by atoms with E-state index >= 15 is 0 Å². The Morgan fingerprint density at radius 1 is 0.865 bits per heavy atom. The molecule has 1 aromatic carbocycles. The zero-order chi connectivity index (χ0) is 25.4. The lowest BCUT2D eigenvalue weighted by molar-refractivity contribution is 0.0356. The molecule has 2 atom stereocenters. The molecule has 3 aromatic rings. The molecule has 0 unspecified atom stereocenters. The summed E-state index contributed by atoms with van der Waals surface area (Å²) in [6.07, 6.45) is 5.08. The second-order valence-corrected chi connectivity index (χ2v) is 11.3. The molecule has 7 heteroatoms. The first-order valence-electron chi connectivity index (χ1n) is 14.0. The summed E-state index contributed by atoms with van der Waals surface area (Å²) in [6, 6.07) is 14.5. The highest BCUT2D eigenvalue weighted by molar-refractivity contribution is 5.93. The van der Waals surface area contributed by atoms with Crippen LogP contribution in [-0.4, -0.2) is 109 Å². The van der Waals surface area contributed by atoms with Gasteiger partial charge in [0.15, 0.2) is 0 Å². The van der Waals surface area contributed by atoms with Crippen LogP contribution < -0.4 is 9.80 Å². The molecule has 0 radical (unpaired) electrons. The number of nitrogens with zero attached hydrogens (tertiary/aromatic N) is 7. The van der Waals surface area contributed by atoms with Crippen LogP contribution in [0.5, 0.6) is 0 Å². The number of hydrogen-bond donors (Lipinski definition) is 0. The molecule has 3 aliphatic heterocycles. The van der Waals surface area contributed by atoms with E-state index in [0.29, 0.717) is 12.1 Å². The lowest BCUT2D eigenvalue weighted by Gasteiger charge is -2.51. The SMILES string of the molecule is Cc1ccc(N2C[C@@H]3CN(CCc4ccc(N5CCN(C)CC5)nc4)CCN3[C@H](C)C2)c2cccnc12. The first-order chi connectivity index (χ1) is 18.0. The summed E-state index contributed by atoms with van der Waals surface area (Å²) >= 11 is 0. The molecule has 5 heterocycles. The fraction of sp³-hybridized carbons (Fsp3) is 0.533. The lowest BCUT2D eigenvalue weighted by atomic mass is 10.0. The third-order valence-electron chi connectivity index (χ3n) is 8.74. The summed E-state index contributed by atoms with van der Waals surface area (Å²) < 4.78 is 0. The van der Waals surface area contributed by atoms with Crippen molar-refractivity contribution < 1.29 is 0 Å². The van der Waals surface area contributed by atoms with Crippen LogP contribution in [0.3, 0.4) is 0 Å². The predicted molar refractivity (Wildman–Crippen MR) is 153 cm³/mol. The van der Waals surface area contributed by atoms with E-state index in [9.17, 15) is 0 Å². The van der Waals surface area contributed by atoms with E-state index in [-0.39, 0.29) is 0 Å². The largest absolute Gasteiger partial charge is 0.368 e. The van der Waals surface area contributed by atoms with E-state index in [4.69, 9.17) is 4.98 Å². The first kappa shape index (κ1) is 24.6. The molecule has 37 heavy (non-hydrogen) atoms. The highest BCUT2D eigenvalue weighted by Crippen LogP contribution is 2.31. The zero-order valence-electron chi connectivity index (χ0n) is 22.7. The Labute approximate surface area is 221 Å². The number of likely N-dealkylation sites (N-methyl/N-ethyl adjacent to an activating group) is 1. The van der Waals surface area contributed by atoms with Crippen molar-refractivity contribution in [3.63, 3.8) is 0 Å². The van der Waals surface area contributed by atoms with Crippen molar-refractivity contribution in [3.05, 3.63) is 59.9 Å². The van der Waals surface area contributed by atoms with E-state index < -0.39 is 0 Å². The summed E-state index contributed by atoms with van der Waals surface area (Å²) in [6.45, 7) is 15.6. The topological polar surface area (TPSA) is 42.0 Å². The van der Waals surface area contributed by atoms with Gasteiger partial charge in [-0.25, -0.2) is 4.98 Å². The van der Waals surface area contributed by atoms with Crippen molar-refractivity contribution in [1.82, 2.24) is 24.7 Å². The molecule has 7 nitrogen and oxygen atoms in total. The van der Waals surface area contributed by atoms with Crippen LogP contribution in [-0.2, 0) is 6.42 Å². The molecule has 196 valence electrons. The Morgan fingerprint density at radius 2 is 1.73 bits per heavy atom. The van der Waals surface area contributed by atoms with Gasteiger partial charge in [-0.2, -0.15) is 0 Å². The van der Waals surface area contributed by atoms with E-state index in [1.165, 1.54) is 22.2 Å². The Morgan fingerprint density at radius 3 is 2.54 bits per heavy atom. The van der Waals surface area contributed by atoms with E-state index in [0.717, 1.165) is 83.2 Å². The number of aromatic nitrogens is 2. The number of anilines is 2. The molecular formula is C30H41N7. The van der Waals surface area contributed by atoms with Crippen LogP contribution >= 0.6 is 0 Å². The van der Waals surface area contributed by atoms with Gasteiger partial charge in [0.05, 0.1) is 5.52 Å². The smallest absolute Gasteiger partial charge is 0.128 e. The minimum Gasteiger partial charge on any atom is -0.368 e. The number of piperazine rings is 3. The minimum atomic E-state index is 0.556. The zero-order valence-corrected chi connectivity index (χ0v) is 22.7. The van der Waals surface area contributed by atoms with Crippen molar-refractivity contribution in [2.24, 2.45) is 0 Å². The third-order valence-corrected chi connectivity index (χ3v) is 8.74. The highest BCUT2D eigenvalue weighted by Gasteiger charge is 2.36. The van der Waals surface area contributed by atoms with Crippen LogP contribution in [0.25, 0.3) is 10.9 Å². The molecular weight excluding hydrogens is 458 g/mol. The Bertz CT molecular complexity index is 1200. The lowest BCUT2D eigenvalue weighted by Crippen LogP contribution is -2.65.